The van der Waals surface area contributed by atoms with Crippen molar-refractivity contribution in [1.29, 1.82) is 0 Å². The monoisotopic (exact) mass is 326 g/mol. The summed E-state index contributed by atoms with van der Waals surface area (Å²) in [6.07, 6.45) is 3.48. The lowest BCUT2D eigenvalue weighted by molar-refractivity contribution is 1.04. The van der Waals surface area contributed by atoms with E-state index >= 15 is 0 Å². The summed E-state index contributed by atoms with van der Waals surface area (Å²) in [6.45, 7) is 0. The molecule has 0 aliphatic carbocycles. The standard InChI is InChI=1S/C15H11BrN4/c16-14-8-4-2-6-12(14)10-18-20-15-13-7-3-1-5-11(13)9-17-19-15/h1-10H,(H,19,20). The van der Waals surface area contributed by atoms with Gasteiger partial charge in [0.1, 0.15) is 0 Å². The Morgan fingerprint density at radius 3 is 2.75 bits per heavy atom. The van der Waals surface area contributed by atoms with Gasteiger partial charge in [0.25, 0.3) is 0 Å². The summed E-state index contributed by atoms with van der Waals surface area (Å²) in [5.74, 6) is 0.645. The third kappa shape index (κ3) is 2.67. The van der Waals surface area contributed by atoms with E-state index in [0.717, 1.165) is 20.8 Å². The second-order valence-corrected chi connectivity index (χ2v) is 5.03. The maximum absolute atomic E-state index is 4.22. The smallest absolute Gasteiger partial charge is 0.176 e. The molecule has 0 saturated heterocycles. The zero-order valence-electron chi connectivity index (χ0n) is 10.5. The molecule has 5 heteroatoms. The fourth-order valence-electron chi connectivity index (χ4n) is 1.85. The summed E-state index contributed by atoms with van der Waals surface area (Å²) in [5, 5.41) is 14.3. The highest BCUT2D eigenvalue weighted by molar-refractivity contribution is 9.10. The molecule has 0 spiro atoms. The van der Waals surface area contributed by atoms with Gasteiger partial charge in [-0.25, -0.2) is 0 Å². The molecule has 2 aromatic carbocycles. The lowest BCUT2D eigenvalue weighted by atomic mass is 10.2. The normalized spacial score (nSPS) is 11.1. The van der Waals surface area contributed by atoms with Crippen molar-refractivity contribution in [3.8, 4) is 0 Å². The predicted octanol–water partition coefficient (Wildman–Crippen LogP) is 3.84. The van der Waals surface area contributed by atoms with Crippen LogP contribution in [0.4, 0.5) is 5.82 Å². The fourth-order valence-corrected chi connectivity index (χ4v) is 2.24. The molecular formula is C15H11BrN4. The number of rotatable bonds is 3. The van der Waals surface area contributed by atoms with E-state index < -0.39 is 0 Å². The van der Waals surface area contributed by atoms with Gasteiger partial charge in [0.05, 0.1) is 12.4 Å². The summed E-state index contributed by atoms with van der Waals surface area (Å²) in [4.78, 5) is 0. The third-order valence-electron chi connectivity index (χ3n) is 2.85. The molecule has 0 amide bonds. The van der Waals surface area contributed by atoms with Crippen molar-refractivity contribution in [2.24, 2.45) is 5.10 Å². The van der Waals surface area contributed by atoms with Gasteiger partial charge in [0.15, 0.2) is 5.82 Å². The number of halogens is 1. The second kappa shape index (κ2) is 5.79. The number of anilines is 1. The van der Waals surface area contributed by atoms with Crippen molar-refractivity contribution >= 4 is 38.7 Å². The largest absolute Gasteiger partial charge is 0.259 e. The van der Waals surface area contributed by atoms with Gasteiger partial charge < -0.3 is 0 Å². The maximum atomic E-state index is 4.22. The van der Waals surface area contributed by atoms with Crippen LogP contribution in [0.3, 0.4) is 0 Å². The fraction of sp³-hybridized carbons (Fsp3) is 0. The Bertz CT molecular complexity index is 765. The van der Waals surface area contributed by atoms with Crippen LogP contribution in [0.2, 0.25) is 0 Å². The molecule has 0 radical (unpaired) electrons. The molecule has 98 valence electrons. The number of hydrogen-bond acceptors (Lipinski definition) is 4. The Kier molecular flexibility index (Phi) is 3.69. The van der Waals surface area contributed by atoms with Crippen molar-refractivity contribution in [1.82, 2.24) is 10.2 Å². The zero-order valence-corrected chi connectivity index (χ0v) is 12.1. The molecule has 1 N–H and O–H groups in total. The van der Waals surface area contributed by atoms with Crippen molar-refractivity contribution in [2.45, 2.75) is 0 Å². The lowest BCUT2D eigenvalue weighted by Crippen LogP contribution is -1.96. The van der Waals surface area contributed by atoms with Gasteiger partial charge in [0, 0.05) is 20.8 Å². The zero-order chi connectivity index (χ0) is 13.8. The first-order valence-corrected chi connectivity index (χ1v) is 6.88. The predicted molar refractivity (Wildman–Crippen MR) is 84.9 cm³/mol. The molecular weight excluding hydrogens is 316 g/mol. The third-order valence-corrected chi connectivity index (χ3v) is 3.57. The molecule has 1 aromatic heterocycles. The Morgan fingerprint density at radius 2 is 1.85 bits per heavy atom. The minimum atomic E-state index is 0.645. The first-order valence-electron chi connectivity index (χ1n) is 6.08. The molecule has 0 saturated carbocycles. The highest BCUT2D eigenvalue weighted by Crippen LogP contribution is 2.19. The lowest BCUT2D eigenvalue weighted by Gasteiger charge is -2.03. The summed E-state index contributed by atoms with van der Waals surface area (Å²) in [7, 11) is 0. The van der Waals surface area contributed by atoms with Gasteiger partial charge >= 0.3 is 0 Å². The summed E-state index contributed by atoms with van der Waals surface area (Å²) in [6, 6.07) is 15.8. The van der Waals surface area contributed by atoms with Crippen LogP contribution in [0.25, 0.3) is 10.8 Å². The molecule has 4 nitrogen and oxygen atoms in total. The Hall–Kier alpha value is -2.27. The van der Waals surface area contributed by atoms with E-state index in [1.54, 1.807) is 12.4 Å². The minimum absolute atomic E-state index is 0.645. The molecule has 3 rings (SSSR count). The highest BCUT2D eigenvalue weighted by atomic mass is 79.9. The van der Waals surface area contributed by atoms with E-state index in [4.69, 9.17) is 0 Å². The van der Waals surface area contributed by atoms with E-state index in [-0.39, 0.29) is 0 Å². The van der Waals surface area contributed by atoms with Crippen LogP contribution in [-0.4, -0.2) is 16.4 Å². The van der Waals surface area contributed by atoms with Crippen LogP contribution < -0.4 is 5.43 Å². The van der Waals surface area contributed by atoms with Gasteiger partial charge in [-0.3, -0.25) is 5.43 Å². The van der Waals surface area contributed by atoms with E-state index in [1.165, 1.54) is 0 Å². The quantitative estimate of drug-likeness (QED) is 0.587. The summed E-state index contributed by atoms with van der Waals surface area (Å²) >= 11 is 3.48. The topological polar surface area (TPSA) is 50.2 Å². The molecule has 1 heterocycles. The van der Waals surface area contributed by atoms with Crippen LogP contribution in [0.5, 0.6) is 0 Å². The molecule has 0 bridgehead atoms. The van der Waals surface area contributed by atoms with Crippen LogP contribution in [0.1, 0.15) is 5.56 Å². The van der Waals surface area contributed by atoms with Gasteiger partial charge in [0.2, 0.25) is 0 Å². The SMILES string of the molecule is Brc1ccccc1C=NNc1nncc2ccccc12. The van der Waals surface area contributed by atoms with Gasteiger partial charge in [-0.1, -0.05) is 58.4 Å². The van der Waals surface area contributed by atoms with Crippen LogP contribution >= 0.6 is 15.9 Å². The van der Waals surface area contributed by atoms with Gasteiger partial charge in [-0.05, 0) is 6.07 Å². The van der Waals surface area contributed by atoms with Gasteiger partial charge in [-0.15, -0.1) is 5.10 Å². The number of nitrogens with one attached hydrogen (secondary N) is 1. The summed E-state index contributed by atoms with van der Waals surface area (Å²) in [5.41, 5.74) is 3.93. The van der Waals surface area contributed by atoms with Crippen LogP contribution in [0.15, 0.2) is 64.3 Å². The number of hydrazone groups is 1. The van der Waals surface area contributed by atoms with Gasteiger partial charge in [-0.2, -0.15) is 10.2 Å². The van der Waals surface area contributed by atoms with Crippen molar-refractivity contribution in [3.63, 3.8) is 0 Å². The molecule has 0 unspecified atom stereocenters. The average molecular weight is 327 g/mol. The summed E-state index contributed by atoms with van der Waals surface area (Å²) < 4.78 is 0.995. The van der Waals surface area contributed by atoms with E-state index in [0.29, 0.717) is 5.82 Å². The maximum Gasteiger partial charge on any atom is 0.176 e. The number of fused-ring (bicyclic) bond motifs is 1. The van der Waals surface area contributed by atoms with Crippen molar-refractivity contribution in [3.05, 3.63) is 64.8 Å². The minimum Gasteiger partial charge on any atom is -0.259 e. The van der Waals surface area contributed by atoms with E-state index in [9.17, 15) is 0 Å². The van der Waals surface area contributed by atoms with Crippen molar-refractivity contribution in [2.75, 3.05) is 5.43 Å². The first-order chi connectivity index (χ1) is 9.84. The van der Waals surface area contributed by atoms with Crippen molar-refractivity contribution < 1.29 is 0 Å². The number of aromatic nitrogens is 2. The molecule has 0 atom stereocenters. The molecule has 0 fully saturated rings. The number of benzene rings is 2. The molecule has 0 aliphatic heterocycles. The Balaban J connectivity index is 1.86. The Morgan fingerprint density at radius 1 is 1.05 bits per heavy atom. The number of nitrogens with zero attached hydrogens (tertiary/aromatic N) is 3. The molecule has 20 heavy (non-hydrogen) atoms. The van der Waals surface area contributed by atoms with Crippen LogP contribution in [0, 0.1) is 0 Å². The number of hydrogen-bond donors (Lipinski definition) is 1. The second-order valence-electron chi connectivity index (χ2n) is 4.17. The van der Waals surface area contributed by atoms with E-state index in [2.05, 4.69) is 36.7 Å². The first kappa shape index (κ1) is 12.7. The van der Waals surface area contributed by atoms with E-state index in [1.807, 2.05) is 48.5 Å². The molecule has 3 aromatic rings. The molecule has 0 aliphatic rings. The van der Waals surface area contributed by atoms with Crippen LogP contribution in [-0.2, 0) is 0 Å². The average Bonchev–Trinajstić information content (AvgIpc) is 2.49. The highest BCUT2D eigenvalue weighted by Gasteiger charge is 2.01. The Labute approximate surface area is 124 Å².